The van der Waals surface area contributed by atoms with Gasteiger partial charge in [-0.15, -0.1) is 0 Å². The van der Waals surface area contributed by atoms with E-state index in [0.29, 0.717) is 10.7 Å². The van der Waals surface area contributed by atoms with Crippen LogP contribution in [0.1, 0.15) is 10.5 Å². The lowest BCUT2D eigenvalue weighted by Crippen LogP contribution is -2.01. The second-order valence-electron chi connectivity index (χ2n) is 3.21. The Morgan fingerprint density at radius 1 is 1.47 bits per heavy atom. The summed E-state index contributed by atoms with van der Waals surface area (Å²) in [4.78, 5) is 10.7. The summed E-state index contributed by atoms with van der Waals surface area (Å²) in [5.74, 6) is -1.68. The molecule has 0 radical (unpaired) electrons. The maximum atomic E-state index is 10.7. The van der Waals surface area contributed by atoms with Crippen LogP contribution in [0.4, 0.5) is 0 Å². The first-order chi connectivity index (χ1) is 7.99. The molecule has 1 aromatic carbocycles. The van der Waals surface area contributed by atoms with E-state index in [-0.39, 0.29) is 0 Å². The second kappa shape index (κ2) is 4.38. The molecule has 0 bridgehead atoms. The van der Waals surface area contributed by atoms with Crippen LogP contribution in [-0.2, 0) is 0 Å². The molecule has 1 aromatic heterocycles. The molecule has 0 fully saturated rings. The third-order valence-electron chi connectivity index (χ3n) is 2.07. The Kier molecular flexibility index (Phi) is 3.08. The summed E-state index contributed by atoms with van der Waals surface area (Å²) >= 11 is 9.15. The Labute approximate surface area is 109 Å². The van der Waals surface area contributed by atoms with E-state index in [9.17, 15) is 9.90 Å². The van der Waals surface area contributed by atoms with Crippen molar-refractivity contribution in [3.8, 4) is 11.4 Å². The highest BCUT2D eigenvalue weighted by Crippen LogP contribution is 2.26. The van der Waals surface area contributed by atoms with E-state index in [0.717, 1.165) is 4.47 Å². The molecule has 0 unspecified atom stereocenters. The van der Waals surface area contributed by atoms with E-state index in [1.54, 1.807) is 18.2 Å². The van der Waals surface area contributed by atoms with E-state index in [2.05, 4.69) is 21.0 Å². The summed E-state index contributed by atoms with van der Waals surface area (Å²) in [5.41, 5.74) is 0.157. The average molecular weight is 318 g/mol. The minimum Gasteiger partial charge on any atom is -0.504 e. The SMILES string of the molecule is O=C(O)c1nn(-c2ccc(Br)c(Cl)c2)cc1O. The summed E-state index contributed by atoms with van der Waals surface area (Å²) in [6.45, 7) is 0. The van der Waals surface area contributed by atoms with Crippen molar-refractivity contribution >= 4 is 33.5 Å². The number of hydrogen-bond donors (Lipinski definition) is 2. The van der Waals surface area contributed by atoms with Gasteiger partial charge in [-0.25, -0.2) is 9.48 Å². The van der Waals surface area contributed by atoms with Crippen LogP contribution in [0.5, 0.6) is 5.75 Å². The molecule has 0 amide bonds. The van der Waals surface area contributed by atoms with Gasteiger partial charge in [-0.2, -0.15) is 5.10 Å². The number of rotatable bonds is 2. The van der Waals surface area contributed by atoms with Crippen LogP contribution >= 0.6 is 27.5 Å². The first-order valence-electron chi connectivity index (χ1n) is 4.46. The van der Waals surface area contributed by atoms with Crippen LogP contribution in [0.15, 0.2) is 28.9 Å². The molecular weight excluding hydrogens is 311 g/mol. The topological polar surface area (TPSA) is 75.3 Å². The lowest BCUT2D eigenvalue weighted by Gasteiger charge is -2.02. The quantitative estimate of drug-likeness (QED) is 0.893. The van der Waals surface area contributed by atoms with Crippen molar-refractivity contribution in [2.75, 3.05) is 0 Å². The standard InChI is InChI=1S/C10H6BrClN2O3/c11-6-2-1-5(3-7(6)12)14-4-8(15)9(13-14)10(16)17/h1-4,15H,(H,16,17). The Morgan fingerprint density at radius 2 is 2.18 bits per heavy atom. The third-order valence-corrected chi connectivity index (χ3v) is 3.30. The molecule has 1 heterocycles. The van der Waals surface area contributed by atoms with Crippen molar-refractivity contribution < 1.29 is 15.0 Å². The van der Waals surface area contributed by atoms with E-state index < -0.39 is 17.4 Å². The largest absolute Gasteiger partial charge is 0.504 e. The van der Waals surface area contributed by atoms with Crippen molar-refractivity contribution in [1.29, 1.82) is 0 Å². The van der Waals surface area contributed by atoms with E-state index in [1.165, 1.54) is 10.9 Å². The van der Waals surface area contributed by atoms with Crippen molar-refractivity contribution in [3.05, 3.63) is 39.6 Å². The molecule has 7 heteroatoms. The molecule has 0 spiro atoms. The number of aromatic nitrogens is 2. The van der Waals surface area contributed by atoms with Crippen LogP contribution in [0.25, 0.3) is 5.69 Å². The monoisotopic (exact) mass is 316 g/mol. The minimum atomic E-state index is -1.29. The van der Waals surface area contributed by atoms with E-state index >= 15 is 0 Å². The molecular formula is C10H6BrClN2O3. The van der Waals surface area contributed by atoms with Gasteiger partial charge in [0.2, 0.25) is 5.69 Å². The van der Waals surface area contributed by atoms with Gasteiger partial charge in [0.05, 0.1) is 16.9 Å². The molecule has 0 aliphatic rings. The lowest BCUT2D eigenvalue weighted by molar-refractivity contribution is 0.0687. The summed E-state index contributed by atoms with van der Waals surface area (Å²) in [5, 5.41) is 22.3. The molecule has 2 aromatic rings. The third kappa shape index (κ3) is 2.27. The number of halogens is 2. The van der Waals surface area contributed by atoms with Crippen molar-refractivity contribution in [2.24, 2.45) is 0 Å². The van der Waals surface area contributed by atoms with Gasteiger partial charge >= 0.3 is 5.97 Å². The van der Waals surface area contributed by atoms with Crippen molar-refractivity contribution in [2.45, 2.75) is 0 Å². The predicted molar refractivity (Wildman–Crippen MR) is 64.9 cm³/mol. The Bertz CT molecular complexity index is 597. The molecule has 0 saturated heterocycles. The zero-order chi connectivity index (χ0) is 12.6. The molecule has 2 rings (SSSR count). The molecule has 2 N–H and O–H groups in total. The predicted octanol–water partition coefficient (Wildman–Crippen LogP) is 2.69. The highest BCUT2D eigenvalue weighted by molar-refractivity contribution is 9.10. The number of carbonyl (C=O) groups is 1. The number of aromatic carboxylic acids is 1. The number of benzene rings is 1. The molecule has 88 valence electrons. The number of hydrogen-bond acceptors (Lipinski definition) is 3. The van der Waals surface area contributed by atoms with Gasteiger partial charge < -0.3 is 10.2 Å². The summed E-state index contributed by atoms with van der Waals surface area (Å²) in [6.07, 6.45) is 1.21. The molecule has 0 atom stereocenters. The first kappa shape index (κ1) is 11.9. The Morgan fingerprint density at radius 3 is 2.71 bits per heavy atom. The zero-order valence-corrected chi connectivity index (χ0v) is 10.6. The van der Waals surface area contributed by atoms with Crippen LogP contribution < -0.4 is 0 Å². The average Bonchev–Trinajstić information content (AvgIpc) is 2.64. The van der Waals surface area contributed by atoms with Crippen LogP contribution in [0.3, 0.4) is 0 Å². The van der Waals surface area contributed by atoms with Crippen molar-refractivity contribution in [1.82, 2.24) is 9.78 Å². The number of aromatic hydroxyl groups is 1. The first-order valence-corrected chi connectivity index (χ1v) is 5.63. The fourth-order valence-electron chi connectivity index (χ4n) is 1.28. The van der Waals surface area contributed by atoms with Gasteiger partial charge in [0.25, 0.3) is 0 Å². The zero-order valence-electron chi connectivity index (χ0n) is 8.26. The molecule has 0 aliphatic heterocycles. The van der Waals surface area contributed by atoms with Gasteiger partial charge in [0, 0.05) is 4.47 Å². The molecule has 0 aliphatic carbocycles. The number of nitrogens with zero attached hydrogens (tertiary/aromatic N) is 2. The Balaban J connectivity index is 2.50. The fraction of sp³-hybridized carbons (Fsp3) is 0. The number of carboxylic acid groups (broad SMARTS) is 1. The van der Waals surface area contributed by atoms with Crippen LogP contribution in [0.2, 0.25) is 5.02 Å². The summed E-state index contributed by atoms with van der Waals surface area (Å²) in [7, 11) is 0. The van der Waals surface area contributed by atoms with Crippen LogP contribution in [0, 0.1) is 0 Å². The number of carboxylic acids is 1. The fourth-order valence-corrected chi connectivity index (χ4v) is 1.70. The van der Waals surface area contributed by atoms with E-state index in [4.69, 9.17) is 16.7 Å². The van der Waals surface area contributed by atoms with Gasteiger partial charge in [-0.3, -0.25) is 0 Å². The normalized spacial score (nSPS) is 10.5. The lowest BCUT2D eigenvalue weighted by atomic mass is 10.3. The maximum Gasteiger partial charge on any atom is 0.360 e. The highest BCUT2D eigenvalue weighted by atomic mass is 79.9. The van der Waals surface area contributed by atoms with Crippen LogP contribution in [-0.4, -0.2) is 26.0 Å². The minimum absolute atomic E-state index is 0.392. The summed E-state index contributed by atoms with van der Waals surface area (Å²) < 4.78 is 1.97. The Hall–Kier alpha value is -1.53. The van der Waals surface area contributed by atoms with Gasteiger partial charge in [-0.1, -0.05) is 11.6 Å². The van der Waals surface area contributed by atoms with E-state index in [1.807, 2.05) is 0 Å². The van der Waals surface area contributed by atoms with Gasteiger partial charge in [0.15, 0.2) is 5.75 Å². The van der Waals surface area contributed by atoms with Gasteiger partial charge in [-0.05, 0) is 34.1 Å². The summed E-state index contributed by atoms with van der Waals surface area (Å²) in [6, 6.07) is 4.99. The second-order valence-corrected chi connectivity index (χ2v) is 4.47. The molecule has 0 saturated carbocycles. The van der Waals surface area contributed by atoms with Gasteiger partial charge in [0.1, 0.15) is 0 Å². The highest BCUT2D eigenvalue weighted by Gasteiger charge is 2.15. The smallest absolute Gasteiger partial charge is 0.360 e. The maximum absolute atomic E-state index is 10.7. The van der Waals surface area contributed by atoms with Crippen molar-refractivity contribution in [3.63, 3.8) is 0 Å². The molecule has 5 nitrogen and oxygen atoms in total. The molecule has 17 heavy (non-hydrogen) atoms.